The van der Waals surface area contributed by atoms with E-state index >= 15 is 0 Å². The van der Waals surface area contributed by atoms with Crippen LogP contribution in [0.2, 0.25) is 0 Å². The minimum absolute atomic E-state index is 0.797. The first-order chi connectivity index (χ1) is 15.6. The monoisotopic (exact) mass is 427 g/mol. The smallest absolute Gasteiger partial charge is 0.111 e. The van der Waals surface area contributed by atoms with Gasteiger partial charge >= 0.3 is 0 Å². The van der Waals surface area contributed by atoms with Gasteiger partial charge in [-0.1, -0.05) is 61.4 Å². The first kappa shape index (κ1) is 21.8. The van der Waals surface area contributed by atoms with Gasteiger partial charge < -0.3 is 20.9 Å². The molecule has 0 radical (unpaired) electrons. The molecule has 1 aromatic heterocycles. The van der Waals surface area contributed by atoms with E-state index in [-0.39, 0.29) is 0 Å². The highest BCUT2D eigenvalue weighted by Gasteiger charge is 2.19. The summed E-state index contributed by atoms with van der Waals surface area (Å²) in [5, 5.41) is 10.4. The standard InChI is InChI=1S/C20H19N3.C7H14N2/c1-13-5-4-6-14(9-13)15-10-17-18(12-23-20(17)22-11-15)16-7-2-3-8-19(16)21;1-2-7-3-4-9(5-7)6-8/h2-10,12,22-23H,11,21H2,1H3;6-8H,2-5H2,1H3. The fourth-order valence-electron chi connectivity index (χ4n) is 4.45. The SMILES string of the molecule is CCC1CCN(C=N)C1.Cc1cccc(C2=Cc3c(-c4ccccc4N)c[nH]c3NC2)c1. The number of nitrogens with zero attached hydrogens (tertiary/aromatic N) is 1. The molecule has 0 bridgehead atoms. The van der Waals surface area contributed by atoms with E-state index in [0.717, 1.165) is 48.2 Å². The van der Waals surface area contributed by atoms with Gasteiger partial charge in [-0.25, -0.2) is 0 Å². The van der Waals surface area contributed by atoms with Crippen LogP contribution in [0, 0.1) is 18.3 Å². The van der Waals surface area contributed by atoms with Gasteiger partial charge in [0.05, 0.1) is 6.34 Å². The quantitative estimate of drug-likeness (QED) is 0.239. The van der Waals surface area contributed by atoms with Crippen LogP contribution in [0.15, 0.2) is 54.7 Å². The highest BCUT2D eigenvalue weighted by atomic mass is 15.1. The Hall–Kier alpha value is -3.47. The molecule has 5 N–H and O–H groups in total. The highest BCUT2D eigenvalue weighted by Crippen LogP contribution is 2.37. The second-order valence-electron chi connectivity index (χ2n) is 8.66. The normalized spacial score (nSPS) is 17.0. The summed E-state index contributed by atoms with van der Waals surface area (Å²) >= 11 is 0. The molecule has 1 unspecified atom stereocenters. The molecule has 1 atom stereocenters. The second-order valence-corrected chi connectivity index (χ2v) is 8.66. The zero-order chi connectivity index (χ0) is 22.5. The third-order valence-corrected chi connectivity index (χ3v) is 6.41. The van der Waals surface area contributed by atoms with Crippen LogP contribution in [-0.2, 0) is 0 Å². The van der Waals surface area contributed by atoms with Crippen molar-refractivity contribution < 1.29 is 0 Å². The van der Waals surface area contributed by atoms with Crippen LogP contribution in [0.4, 0.5) is 11.5 Å². The molecule has 2 aromatic carbocycles. The largest absolute Gasteiger partial charge is 0.398 e. The molecule has 0 spiro atoms. The van der Waals surface area contributed by atoms with Crippen LogP contribution in [0.25, 0.3) is 22.8 Å². The fourth-order valence-corrected chi connectivity index (χ4v) is 4.45. The predicted molar refractivity (Wildman–Crippen MR) is 137 cm³/mol. The number of aryl methyl sites for hydroxylation is 1. The van der Waals surface area contributed by atoms with Crippen LogP contribution in [0.5, 0.6) is 0 Å². The fraction of sp³-hybridized carbons (Fsp3) is 0.296. The predicted octanol–water partition coefficient (Wildman–Crippen LogP) is 5.86. The Morgan fingerprint density at radius 2 is 2.00 bits per heavy atom. The van der Waals surface area contributed by atoms with Gasteiger partial charge in [-0.15, -0.1) is 0 Å². The van der Waals surface area contributed by atoms with E-state index in [1.165, 1.54) is 41.4 Å². The van der Waals surface area contributed by atoms with E-state index in [0.29, 0.717) is 0 Å². The number of hydrogen-bond acceptors (Lipinski definition) is 3. The number of aromatic nitrogens is 1. The van der Waals surface area contributed by atoms with Crippen LogP contribution in [0.3, 0.4) is 0 Å². The molecule has 5 rings (SSSR count). The maximum absolute atomic E-state index is 6.97. The molecule has 1 fully saturated rings. The molecule has 0 saturated carbocycles. The summed E-state index contributed by atoms with van der Waals surface area (Å²) in [6, 6.07) is 16.6. The number of nitrogens with one attached hydrogen (secondary N) is 3. The Kier molecular flexibility index (Phi) is 6.64. The van der Waals surface area contributed by atoms with Gasteiger partial charge in [0.25, 0.3) is 0 Å². The molecular formula is C27H33N5. The Morgan fingerprint density at radius 1 is 1.16 bits per heavy atom. The lowest BCUT2D eigenvalue weighted by Gasteiger charge is -2.17. The summed E-state index contributed by atoms with van der Waals surface area (Å²) in [6.45, 7) is 7.37. The number of nitrogens with two attached hydrogens (primary N) is 1. The molecule has 5 heteroatoms. The number of fused-ring (bicyclic) bond motifs is 1. The Balaban J connectivity index is 0.000000230. The van der Waals surface area contributed by atoms with Crippen molar-refractivity contribution in [1.82, 2.24) is 9.88 Å². The van der Waals surface area contributed by atoms with Gasteiger partial charge in [0.2, 0.25) is 0 Å². The molecule has 166 valence electrons. The lowest BCUT2D eigenvalue weighted by molar-refractivity contribution is 0.481. The van der Waals surface area contributed by atoms with E-state index in [4.69, 9.17) is 11.1 Å². The van der Waals surface area contributed by atoms with Gasteiger partial charge in [0.15, 0.2) is 0 Å². The summed E-state index contributed by atoms with van der Waals surface area (Å²) in [5.41, 5.74) is 14.1. The molecule has 3 heterocycles. The second kappa shape index (κ2) is 9.77. The number of aromatic amines is 1. The summed E-state index contributed by atoms with van der Waals surface area (Å²) in [7, 11) is 0. The van der Waals surface area contributed by atoms with E-state index in [2.05, 4.69) is 65.5 Å². The minimum atomic E-state index is 0.797. The third kappa shape index (κ3) is 4.72. The first-order valence-electron chi connectivity index (χ1n) is 11.4. The maximum atomic E-state index is 6.97. The molecule has 2 aliphatic heterocycles. The first-order valence-corrected chi connectivity index (χ1v) is 11.4. The minimum Gasteiger partial charge on any atom is -0.398 e. The van der Waals surface area contributed by atoms with E-state index < -0.39 is 0 Å². The van der Waals surface area contributed by atoms with Crippen LogP contribution in [-0.4, -0.2) is 35.9 Å². The van der Waals surface area contributed by atoms with Crippen molar-refractivity contribution in [3.8, 4) is 11.1 Å². The van der Waals surface area contributed by atoms with Crippen molar-refractivity contribution in [3.05, 3.63) is 71.4 Å². The van der Waals surface area contributed by atoms with E-state index in [1.807, 2.05) is 24.4 Å². The maximum Gasteiger partial charge on any atom is 0.111 e. The molecule has 32 heavy (non-hydrogen) atoms. The summed E-state index contributed by atoms with van der Waals surface area (Å²) in [4.78, 5) is 5.40. The topological polar surface area (TPSA) is 80.9 Å². The lowest BCUT2D eigenvalue weighted by Crippen LogP contribution is -2.17. The van der Waals surface area contributed by atoms with Gasteiger partial charge in [0, 0.05) is 48.2 Å². The molecule has 0 aliphatic carbocycles. The molecule has 2 aliphatic rings. The molecule has 3 aromatic rings. The Bertz CT molecular complexity index is 1110. The number of rotatable bonds is 4. The van der Waals surface area contributed by atoms with Gasteiger partial charge in [0.1, 0.15) is 5.82 Å². The van der Waals surface area contributed by atoms with Crippen molar-refractivity contribution in [2.45, 2.75) is 26.7 Å². The summed E-state index contributed by atoms with van der Waals surface area (Å²) < 4.78 is 0. The van der Waals surface area contributed by atoms with Gasteiger partial charge in [-0.05, 0) is 42.5 Å². The highest BCUT2D eigenvalue weighted by molar-refractivity contribution is 5.97. The molecule has 0 amide bonds. The average Bonchev–Trinajstić information content (AvgIpc) is 3.46. The zero-order valence-corrected chi connectivity index (χ0v) is 19.0. The van der Waals surface area contributed by atoms with Gasteiger partial charge in [-0.2, -0.15) is 0 Å². The van der Waals surface area contributed by atoms with E-state index in [1.54, 1.807) is 0 Å². The number of hydrogen-bond donors (Lipinski definition) is 4. The number of benzene rings is 2. The Morgan fingerprint density at radius 3 is 2.69 bits per heavy atom. The lowest BCUT2D eigenvalue weighted by atomic mass is 9.95. The van der Waals surface area contributed by atoms with Crippen molar-refractivity contribution >= 4 is 29.5 Å². The summed E-state index contributed by atoms with van der Waals surface area (Å²) in [5.74, 6) is 1.91. The molecular weight excluding hydrogens is 394 g/mol. The average molecular weight is 428 g/mol. The molecule has 5 nitrogen and oxygen atoms in total. The number of nitrogen functional groups attached to an aromatic ring is 1. The van der Waals surface area contributed by atoms with Crippen LogP contribution >= 0.6 is 0 Å². The van der Waals surface area contributed by atoms with E-state index in [9.17, 15) is 0 Å². The number of H-pyrrole nitrogens is 1. The number of likely N-dealkylation sites (tertiary alicyclic amines) is 1. The van der Waals surface area contributed by atoms with Crippen molar-refractivity contribution in [2.24, 2.45) is 5.92 Å². The zero-order valence-electron chi connectivity index (χ0n) is 19.0. The number of para-hydroxylation sites is 1. The van der Waals surface area contributed by atoms with Crippen molar-refractivity contribution in [1.29, 1.82) is 5.41 Å². The Labute approximate surface area is 190 Å². The van der Waals surface area contributed by atoms with Crippen LogP contribution < -0.4 is 11.1 Å². The number of anilines is 2. The summed E-state index contributed by atoms with van der Waals surface area (Å²) in [6.07, 6.45) is 8.30. The third-order valence-electron chi connectivity index (χ3n) is 6.41. The van der Waals surface area contributed by atoms with Crippen molar-refractivity contribution in [2.75, 3.05) is 30.7 Å². The van der Waals surface area contributed by atoms with Crippen molar-refractivity contribution in [3.63, 3.8) is 0 Å². The van der Waals surface area contributed by atoms with Gasteiger partial charge in [-0.3, -0.25) is 5.41 Å². The molecule has 1 saturated heterocycles. The van der Waals surface area contributed by atoms with Crippen LogP contribution in [0.1, 0.15) is 36.5 Å².